The molecule has 6 aromatic carbocycles. The number of nitrogens with zero attached hydrogens (tertiary/aromatic N) is 8. The Bertz CT molecular complexity index is 2200. The number of anilines is 2. The van der Waals surface area contributed by atoms with Crippen LogP contribution in [0.3, 0.4) is 0 Å². The van der Waals surface area contributed by atoms with E-state index in [2.05, 4.69) is 61.1 Å². The number of non-ortho nitro benzene ring substituents is 1. The molecule has 0 saturated heterocycles. The highest BCUT2D eigenvalue weighted by Crippen LogP contribution is 2.36. The van der Waals surface area contributed by atoms with Crippen molar-refractivity contribution in [3.8, 4) is 0 Å². The summed E-state index contributed by atoms with van der Waals surface area (Å²) in [6.45, 7) is 6.35. The molecule has 0 bridgehead atoms. The Hall–Kier alpha value is -6.37. The zero-order chi connectivity index (χ0) is 37.4. The molecule has 0 fully saturated rings. The van der Waals surface area contributed by atoms with E-state index < -0.39 is 4.92 Å². The van der Waals surface area contributed by atoms with Crippen LogP contribution in [0.1, 0.15) is 13.8 Å². The van der Waals surface area contributed by atoms with Crippen molar-refractivity contribution in [3.05, 3.63) is 149 Å². The minimum Gasteiger partial charge on any atom is -0.395 e. The average molecular weight is 728 g/mol. The second kappa shape index (κ2) is 19.3. The van der Waals surface area contributed by atoms with Crippen LogP contribution in [0.4, 0.5) is 51.2 Å². The Morgan fingerprint density at radius 1 is 0.698 bits per heavy atom. The minimum absolute atomic E-state index is 0.0909. The number of likely N-dealkylation sites (N-methyl/N-ethyl adjacent to an activating group) is 1. The number of aliphatic hydroxyl groups excluding tert-OH is 1. The number of hydrogen-bond donors (Lipinski definition) is 2. The predicted octanol–water partition coefficient (Wildman–Crippen LogP) is 12.6. The van der Waals surface area contributed by atoms with Crippen LogP contribution in [0.15, 0.2) is 164 Å². The second-order valence-corrected chi connectivity index (χ2v) is 11.8. The number of nitrogens with one attached hydrogen (secondary N) is 1. The molecule has 0 aliphatic carbocycles. The third-order valence-electron chi connectivity index (χ3n) is 7.80. The highest BCUT2D eigenvalue weighted by Gasteiger charge is 2.10. The van der Waals surface area contributed by atoms with Gasteiger partial charge in [0.05, 0.1) is 45.0 Å². The third kappa shape index (κ3) is 10.8. The summed E-state index contributed by atoms with van der Waals surface area (Å²) in [4.78, 5) is 12.2. The highest BCUT2D eigenvalue weighted by molar-refractivity contribution is 6.33. The fourth-order valence-corrected chi connectivity index (χ4v) is 5.34. The summed E-state index contributed by atoms with van der Waals surface area (Å²) in [6.07, 6.45) is 0. The molecule has 2 N–H and O–H groups in total. The molecule has 6 rings (SSSR count). The molecule has 0 saturated carbocycles. The molecule has 53 heavy (non-hydrogen) atoms. The topological polar surface area (TPSA) is 153 Å². The first-order valence-corrected chi connectivity index (χ1v) is 17.3. The first-order valence-electron chi connectivity index (χ1n) is 16.9. The van der Waals surface area contributed by atoms with E-state index in [4.69, 9.17) is 16.7 Å². The maximum absolute atomic E-state index is 10.7. The molecule has 0 aromatic heterocycles. The van der Waals surface area contributed by atoms with Crippen LogP contribution < -0.4 is 10.2 Å². The molecule has 6 aromatic rings. The lowest BCUT2D eigenvalue weighted by atomic mass is 10.1. The maximum atomic E-state index is 10.7. The molecular weight excluding hydrogens is 690 g/mol. The van der Waals surface area contributed by atoms with Crippen LogP contribution in [-0.2, 0) is 0 Å². The van der Waals surface area contributed by atoms with Gasteiger partial charge in [-0.05, 0) is 92.0 Å². The Morgan fingerprint density at radius 3 is 1.89 bits per heavy atom. The summed E-state index contributed by atoms with van der Waals surface area (Å²) >= 11 is 5.97. The third-order valence-corrected chi connectivity index (χ3v) is 8.10. The van der Waals surface area contributed by atoms with Gasteiger partial charge in [0.1, 0.15) is 11.4 Å². The van der Waals surface area contributed by atoms with Gasteiger partial charge in [-0.25, -0.2) is 0 Å². The molecule has 0 unspecified atom stereocenters. The Balaban J connectivity index is 0.000000209. The lowest BCUT2D eigenvalue weighted by Crippen LogP contribution is -2.25. The zero-order valence-corrected chi connectivity index (χ0v) is 30.0. The summed E-state index contributed by atoms with van der Waals surface area (Å²) in [5, 5.41) is 51.1. The van der Waals surface area contributed by atoms with Gasteiger partial charge in [0, 0.05) is 42.8 Å². The van der Waals surface area contributed by atoms with E-state index in [0.29, 0.717) is 17.9 Å². The van der Waals surface area contributed by atoms with E-state index in [1.54, 1.807) is 12.1 Å². The molecule has 268 valence electrons. The van der Waals surface area contributed by atoms with Crippen molar-refractivity contribution < 1.29 is 10.0 Å². The molecular formula is C40H38ClN9O3. The smallest absolute Gasteiger partial charge is 0.271 e. The predicted molar refractivity (Wildman–Crippen MR) is 213 cm³/mol. The number of hydrogen-bond acceptors (Lipinski definition) is 11. The molecule has 0 heterocycles. The molecule has 0 aliphatic heterocycles. The zero-order valence-electron chi connectivity index (χ0n) is 29.2. The summed E-state index contributed by atoms with van der Waals surface area (Å²) in [6, 6.07) is 41.0. The number of halogens is 1. The van der Waals surface area contributed by atoms with Crippen LogP contribution in [0.2, 0.25) is 5.02 Å². The molecule has 0 amide bonds. The van der Waals surface area contributed by atoms with Crippen molar-refractivity contribution in [1.82, 2.24) is 0 Å². The first-order chi connectivity index (χ1) is 25.9. The SMILES string of the molecule is CCN(CCO)c1ccc(N=Nc2ccc([N+](=O)[O-])cc2Cl)cc1.CCNc1ccc2ccccc2c1N=Nc1ccc(N=Nc2ccccc2)cc1. The molecule has 0 aliphatic rings. The second-order valence-electron chi connectivity index (χ2n) is 11.4. The fraction of sp³-hybridized carbons (Fsp3) is 0.150. The Labute approximate surface area is 312 Å². The van der Waals surface area contributed by atoms with Gasteiger partial charge in [0.2, 0.25) is 0 Å². The summed E-state index contributed by atoms with van der Waals surface area (Å²) < 4.78 is 0. The van der Waals surface area contributed by atoms with Gasteiger partial charge < -0.3 is 15.3 Å². The number of benzene rings is 6. The average Bonchev–Trinajstić information content (AvgIpc) is 3.19. The van der Waals surface area contributed by atoms with Crippen LogP contribution in [-0.4, -0.2) is 36.3 Å². The van der Waals surface area contributed by atoms with Crippen LogP contribution in [0.25, 0.3) is 10.8 Å². The van der Waals surface area contributed by atoms with Gasteiger partial charge in [-0.15, -0.1) is 10.2 Å². The van der Waals surface area contributed by atoms with E-state index in [1.807, 2.05) is 96.8 Å². The van der Waals surface area contributed by atoms with Gasteiger partial charge in [-0.1, -0.05) is 60.1 Å². The molecule has 12 nitrogen and oxygen atoms in total. The lowest BCUT2D eigenvalue weighted by molar-refractivity contribution is -0.384. The van der Waals surface area contributed by atoms with Gasteiger partial charge >= 0.3 is 0 Å². The van der Waals surface area contributed by atoms with Crippen molar-refractivity contribution in [3.63, 3.8) is 0 Å². The van der Waals surface area contributed by atoms with Gasteiger partial charge in [-0.2, -0.15) is 20.5 Å². The normalized spacial score (nSPS) is 11.2. The Kier molecular flexibility index (Phi) is 13.8. The van der Waals surface area contributed by atoms with E-state index in [9.17, 15) is 10.1 Å². The van der Waals surface area contributed by atoms with Crippen molar-refractivity contribution >= 4 is 73.6 Å². The molecule has 0 radical (unpaired) electrons. The van der Waals surface area contributed by atoms with E-state index in [1.165, 1.54) is 18.2 Å². The quantitative estimate of drug-likeness (QED) is 0.0688. The molecule has 0 spiro atoms. The number of nitro benzene ring substituents is 1. The van der Waals surface area contributed by atoms with Gasteiger partial charge in [0.15, 0.2) is 0 Å². The van der Waals surface area contributed by atoms with Crippen LogP contribution >= 0.6 is 11.6 Å². The fourth-order valence-electron chi connectivity index (χ4n) is 5.12. The number of rotatable bonds is 13. The van der Waals surface area contributed by atoms with E-state index in [-0.39, 0.29) is 17.3 Å². The largest absolute Gasteiger partial charge is 0.395 e. The van der Waals surface area contributed by atoms with Crippen molar-refractivity contribution in [1.29, 1.82) is 0 Å². The minimum atomic E-state index is -0.516. The van der Waals surface area contributed by atoms with Gasteiger partial charge in [0.25, 0.3) is 5.69 Å². The first kappa shape index (κ1) is 37.9. The summed E-state index contributed by atoms with van der Waals surface area (Å²) in [5.74, 6) is 0. The number of azo groups is 3. The van der Waals surface area contributed by atoms with E-state index in [0.717, 1.165) is 58.0 Å². The van der Waals surface area contributed by atoms with E-state index >= 15 is 0 Å². The van der Waals surface area contributed by atoms with Crippen molar-refractivity contribution in [2.24, 2.45) is 30.7 Å². The number of nitro groups is 1. The lowest BCUT2D eigenvalue weighted by Gasteiger charge is -2.21. The van der Waals surface area contributed by atoms with Crippen LogP contribution in [0, 0.1) is 10.1 Å². The molecule has 0 atom stereocenters. The summed E-state index contributed by atoms with van der Waals surface area (Å²) in [7, 11) is 0. The van der Waals surface area contributed by atoms with Gasteiger partial charge in [-0.3, -0.25) is 10.1 Å². The van der Waals surface area contributed by atoms with Crippen molar-refractivity contribution in [2.75, 3.05) is 36.5 Å². The standard InChI is InChI=1S/C24H21N5.C16H17ClN4O3/c1-2-25-23-17-12-18-8-6-7-11-22(18)24(23)29-28-21-15-13-20(14-16-21)27-26-19-9-4-3-5-10-19;1-2-20(9-10-22)13-5-3-12(4-6-13)18-19-16-8-7-14(21(23)24)11-15(16)17/h3-17,25H,2H2,1H3;3-8,11,22H,2,9-10H2,1H3. The van der Waals surface area contributed by atoms with Crippen LogP contribution in [0.5, 0.6) is 0 Å². The number of fused-ring (bicyclic) bond motifs is 1. The highest BCUT2D eigenvalue weighted by atomic mass is 35.5. The summed E-state index contributed by atoms with van der Waals surface area (Å²) in [5.41, 5.74) is 6.07. The Morgan fingerprint density at radius 2 is 1.28 bits per heavy atom. The number of aliphatic hydroxyl groups is 1. The monoisotopic (exact) mass is 727 g/mol. The van der Waals surface area contributed by atoms with Crippen molar-refractivity contribution in [2.45, 2.75) is 13.8 Å². The maximum Gasteiger partial charge on any atom is 0.271 e. The molecule has 13 heteroatoms.